The molecule has 26 heavy (non-hydrogen) atoms. The van der Waals surface area contributed by atoms with E-state index in [1.807, 2.05) is 49.5 Å². The molecular formula is C21H22N2O3. The molecule has 0 aliphatic carbocycles. The zero-order valence-corrected chi connectivity index (χ0v) is 14.7. The van der Waals surface area contributed by atoms with E-state index in [1.54, 1.807) is 0 Å². The Balaban J connectivity index is 1.37. The Hall–Kier alpha value is -2.95. The van der Waals surface area contributed by atoms with E-state index in [4.69, 9.17) is 9.47 Å². The molecule has 2 N–H and O–H groups in total. The number of aromatic amines is 1. The van der Waals surface area contributed by atoms with E-state index in [2.05, 4.69) is 16.4 Å². The zero-order valence-electron chi connectivity index (χ0n) is 14.7. The fourth-order valence-electron chi connectivity index (χ4n) is 3.31. The molecule has 1 aliphatic rings. The molecule has 3 aromatic rings. The number of para-hydroxylation sites is 1. The number of nitrogens with one attached hydrogen (secondary N) is 2. The van der Waals surface area contributed by atoms with Gasteiger partial charge in [-0.15, -0.1) is 0 Å². The van der Waals surface area contributed by atoms with E-state index in [0.29, 0.717) is 26.1 Å². The van der Waals surface area contributed by atoms with Crippen LogP contribution in [0.25, 0.3) is 10.9 Å². The monoisotopic (exact) mass is 350 g/mol. The lowest BCUT2D eigenvalue weighted by Crippen LogP contribution is -2.27. The molecule has 1 aliphatic heterocycles. The second kappa shape index (κ2) is 7.12. The van der Waals surface area contributed by atoms with Gasteiger partial charge in [-0.2, -0.15) is 0 Å². The zero-order chi connectivity index (χ0) is 17.9. The Morgan fingerprint density at radius 3 is 2.85 bits per heavy atom. The molecule has 0 bridgehead atoms. The second-order valence-electron chi connectivity index (χ2n) is 6.55. The highest BCUT2D eigenvalue weighted by Crippen LogP contribution is 2.32. The van der Waals surface area contributed by atoms with Gasteiger partial charge in [0.15, 0.2) is 11.5 Å². The molecular weight excluding hydrogens is 328 g/mol. The third-order valence-corrected chi connectivity index (χ3v) is 4.74. The van der Waals surface area contributed by atoms with Crippen LogP contribution in [0, 0.1) is 0 Å². The number of rotatable bonds is 5. The highest BCUT2D eigenvalue weighted by Gasteiger charge is 2.16. The number of aromatic nitrogens is 1. The molecule has 0 fully saturated rings. The van der Waals surface area contributed by atoms with Crippen molar-refractivity contribution < 1.29 is 14.3 Å². The smallest absolute Gasteiger partial charge is 0.220 e. The number of amides is 1. The fourth-order valence-corrected chi connectivity index (χ4v) is 3.31. The van der Waals surface area contributed by atoms with Crippen LogP contribution >= 0.6 is 0 Å². The van der Waals surface area contributed by atoms with Gasteiger partial charge in [-0.3, -0.25) is 4.79 Å². The average molecular weight is 350 g/mol. The van der Waals surface area contributed by atoms with Crippen molar-refractivity contribution in [1.29, 1.82) is 0 Å². The van der Waals surface area contributed by atoms with Crippen molar-refractivity contribution in [3.8, 4) is 11.5 Å². The fraction of sp³-hybridized carbons (Fsp3) is 0.286. The minimum Gasteiger partial charge on any atom is -0.486 e. The number of hydrogen-bond acceptors (Lipinski definition) is 3. The second-order valence-corrected chi connectivity index (χ2v) is 6.55. The molecule has 5 heteroatoms. The number of hydrogen-bond donors (Lipinski definition) is 2. The van der Waals surface area contributed by atoms with Crippen molar-refractivity contribution in [2.24, 2.45) is 0 Å². The summed E-state index contributed by atoms with van der Waals surface area (Å²) < 4.78 is 11.2. The van der Waals surface area contributed by atoms with E-state index in [0.717, 1.165) is 22.6 Å². The van der Waals surface area contributed by atoms with Crippen molar-refractivity contribution in [3.05, 3.63) is 59.8 Å². The SMILES string of the molecule is C[C@H](NC(=O)CCc1c[nH]c2ccccc12)c1ccc2c(c1)OCCO2. The molecule has 4 rings (SSSR count). The predicted molar refractivity (Wildman–Crippen MR) is 101 cm³/mol. The summed E-state index contributed by atoms with van der Waals surface area (Å²) in [7, 11) is 0. The molecule has 0 saturated carbocycles. The topological polar surface area (TPSA) is 63.4 Å². The number of aryl methyl sites for hydroxylation is 1. The molecule has 2 heterocycles. The molecule has 5 nitrogen and oxygen atoms in total. The van der Waals surface area contributed by atoms with Crippen molar-refractivity contribution in [2.45, 2.75) is 25.8 Å². The van der Waals surface area contributed by atoms with Gasteiger partial charge in [0.2, 0.25) is 5.91 Å². The highest BCUT2D eigenvalue weighted by molar-refractivity contribution is 5.84. The van der Waals surface area contributed by atoms with Crippen LogP contribution in [-0.4, -0.2) is 24.1 Å². The molecule has 1 amide bonds. The van der Waals surface area contributed by atoms with Gasteiger partial charge in [-0.25, -0.2) is 0 Å². The maximum atomic E-state index is 12.4. The van der Waals surface area contributed by atoms with Crippen LogP contribution in [0.1, 0.15) is 30.5 Å². The number of carbonyl (C=O) groups excluding carboxylic acids is 1. The van der Waals surface area contributed by atoms with Crippen molar-refractivity contribution >= 4 is 16.8 Å². The summed E-state index contributed by atoms with van der Waals surface area (Å²) in [5.41, 5.74) is 3.28. The lowest BCUT2D eigenvalue weighted by molar-refractivity contribution is -0.121. The van der Waals surface area contributed by atoms with Gasteiger partial charge in [0, 0.05) is 23.5 Å². The van der Waals surface area contributed by atoms with Gasteiger partial charge in [-0.05, 0) is 42.7 Å². The summed E-state index contributed by atoms with van der Waals surface area (Å²) in [6.07, 6.45) is 3.16. The Bertz CT molecular complexity index is 932. The van der Waals surface area contributed by atoms with Crippen molar-refractivity contribution in [2.75, 3.05) is 13.2 Å². The third-order valence-electron chi connectivity index (χ3n) is 4.74. The minimum absolute atomic E-state index is 0.0395. The Labute approximate surface area is 152 Å². The van der Waals surface area contributed by atoms with E-state index >= 15 is 0 Å². The first-order valence-corrected chi connectivity index (χ1v) is 8.94. The number of H-pyrrole nitrogens is 1. The van der Waals surface area contributed by atoms with Crippen LogP contribution in [0.15, 0.2) is 48.7 Å². The first-order chi connectivity index (χ1) is 12.7. The van der Waals surface area contributed by atoms with Crippen molar-refractivity contribution in [1.82, 2.24) is 10.3 Å². The normalized spacial score (nSPS) is 14.2. The highest BCUT2D eigenvalue weighted by atomic mass is 16.6. The van der Waals surface area contributed by atoms with Gasteiger partial charge in [0.05, 0.1) is 6.04 Å². The summed E-state index contributed by atoms with van der Waals surface area (Å²) in [6, 6.07) is 13.9. The first-order valence-electron chi connectivity index (χ1n) is 8.94. The molecule has 2 aromatic carbocycles. The van der Waals surface area contributed by atoms with Crippen LogP contribution in [0.3, 0.4) is 0 Å². The largest absolute Gasteiger partial charge is 0.486 e. The van der Waals surface area contributed by atoms with E-state index in [1.165, 1.54) is 10.9 Å². The van der Waals surface area contributed by atoms with Crippen LogP contribution in [0.2, 0.25) is 0 Å². The van der Waals surface area contributed by atoms with Gasteiger partial charge >= 0.3 is 0 Å². The average Bonchev–Trinajstić information content (AvgIpc) is 3.09. The maximum Gasteiger partial charge on any atom is 0.220 e. The van der Waals surface area contributed by atoms with Gasteiger partial charge in [0.25, 0.3) is 0 Å². The van der Waals surface area contributed by atoms with Crippen LogP contribution in [0.5, 0.6) is 11.5 Å². The number of carbonyl (C=O) groups is 1. The molecule has 0 radical (unpaired) electrons. The Kier molecular flexibility index (Phi) is 4.52. The summed E-state index contributed by atoms with van der Waals surface area (Å²) >= 11 is 0. The summed E-state index contributed by atoms with van der Waals surface area (Å²) in [5, 5.41) is 4.25. The number of ether oxygens (including phenoxy) is 2. The van der Waals surface area contributed by atoms with Gasteiger partial charge in [-0.1, -0.05) is 24.3 Å². The van der Waals surface area contributed by atoms with E-state index in [-0.39, 0.29) is 11.9 Å². The van der Waals surface area contributed by atoms with Crippen LogP contribution < -0.4 is 14.8 Å². The predicted octanol–water partition coefficient (Wildman–Crippen LogP) is 3.75. The van der Waals surface area contributed by atoms with Gasteiger partial charge < -0.3 is 19.8 Å². The van der Waals surface area contributed by atoms with E-state index < -0.39 is 0 Å². The minimum atomic E-state index is -0.0821. The standard InChI is InChI=1S/C21H22N2O3/c1-14(15-6-8-19-20(12-15)26-11-10-25-19)23-21(24)9-7-16-13-22-18-5-3-2-4-17(16)18/h2-6,8,12-14,22H,7,9-11H2,1H3,(H,23,24)/t14-/m0/s1. The summed E-state index contributed by atoms with van der Waals surface area (Å²) in [5.74, 6) is 1.55. The number of benzene rings is 2. The molecule has 0 spiro atoms. The first kappa shape index (κ1) is 16.5. The lowest BCUT2D eigenvalue weighted by atomic mass is 10.1. The Morgan fingerprint density at radius 1 is 1.15 bits per heavy atom. The molecule has 1 atom stereocenters. The lowest BCUT2D eigenvalue weighted by Gasteiger charge is -2.21. The van der Waals surface area contributed by atoms with Crippen LogP contribution in [0.4, 0.5) is 0 Å². The Morgan fingerprint density at radius 2 is 1.96 bits per heavy atom. The molecule has 0 unspecified atom stereocenters. The molecule has 1 aromatic heterocycles. The number of fused-ring (bicyclic) bond motifs is 2. The summed E-state index contributed by atoms with van der Waals surface area (Å²) in [6.45, 7) is 3.11. The van der Waals surface area contributed by atoms with Crippen molar-refractivity contribution in [3.63, 3.8) is 0 Å². The van der Waals surface area contributed by atoms with E-state index in [9.17, 15) is 4.79 Å². The molecule has 134 valence electrons. The molecule has 0 saturated heterocycles. The summed E-state index contributed by atoms with van der Waals surface area (Å²) in [4.78, 5) is 15.6. The van der Waals surface area contributed by atoms with Gasteiger partial charge in [0.1, 0.15) is 13.2 Å². The quantitative estimate of drug-likeness (QED) is 0.737. The maximum absolute atomic E-state index is 12.4. The van der Waals surface area contributed by atoms with Crippen LogP contribution in [-0.2, 0) is 11.2 Å². The third kappa shape index (κ3) is 3.38.